The monoisotopic (exact) mass is 358 g/mol. The van der Waals surface area contributed by atoms with Crippen molar-refractivity contribution in [1.29, 1.82) is 0 Å². The van der Waals surface area contributed by atoms with E-state index in [1.807, 2.05) is 31.3 Å². The van der Waals surface area contributed by atoms with Crippen LogP contribution in [0.4, 0.5) is 0 Å². The fourth-order valence-electron chi connectivity index (χ4n) is 1.74. The second-order valence-electron chi connectivity index (χ2n) is 3.65. The molecule has 1 unspecified atom stereocenters. The van der Waals surface area contributed by atoms with Gasteiger partial charge in [0.25, 0.3) is 0 Å². The predicted octanol–water partition coefficient (Wildman–Crippen LogP) is 2.50. The number of hydrazine groups is 1. The number of nitrogens with two attached hydrogens (primary N) is 1. The van der Waals surface area contributed by atoms with Gasteiger partial charge in [-0.1, -0.05) is 37.9 Å². The molecule has 1 aromatic carbocycles. The van der Waals surface area contributed by atoms with Crippen LogP contribution in [0.3, 0.4) is 0 Å². The molecule has 1 heterocycles. The van der Waals surface area contributed by atoms with E-state index in [9.17, 15) is 0 Å². The van der Waals surface area contributed by atoms with E-state index >= 15 is 0 Å². The van der Waals surface area contributed by atoms with Crippen LogP contribution in [0.5, 0.6) is 0 Å². The van der Waals surface area contributed by atoms with Gasteiger partial charge in [0.05, 0.1) is 11.7 Å². The normalized spacial score (nSPS) is 12.7. The minimum atomic E-state index is -0.0926. The summed E-state index contributed by atoms with van der Waals surface area (Å²) in [7, 11) is 1.90. The summed E-state index contributed by atoms with van der Waals surface area (Å²) in [4.78, 5) is 0. The zero-order chi connectivity index (χ0) is 12.4. The van der Waals surface area contributed by atoms with E-state index in [2.05, 4.69) is 42.4 Å². The van der Waals surface area contributed by atoms with Crippen molar-refractivity contribution in [2.24, 2.45) is 12.9 Å². The van der Waals surface area contributed by atoms with Crippen molar-refractivity contribution in [2.75, 3.05) is 0 Å². The van der Waals surface area contributed by atoms with Crippen molar-refractivity contribution in [2.45, 2.75) is 6.04 Å². The predicted molar refractivity (Wildman–Crippen MR) is 74.2 cm³/mol. The lowest BCUT2D eigenvalue weighted by atomic mass is 10.0. The third kappa shape index (κ3) is 2.60. The Hall–Kier alpha value is -0.690. The van der Waals surface area contributed by atoms with Crippen LogP contribution in [0, 0.1) is 0 Å². The van der Waals surface area contributed by atoms with Crippen molar-refractivity contribution < 1.29 is 0 Å². The first-order valence-corrected chi connectivity index (χ1v) is 6.61. The van der Waals surface area contributed by atoms with Gasteiger partial charge in [0.1, 0.15) is 0 Å². The van der Waals surface area contributed by atoms with Gasteiger partial charge in [-0.25, -0.2) is 5.43 Å². The molecule has 1 aromatic heterocycles. The first-order chi connectivity index (χ1) is 8.13. The van der Waals surface area contributed by atoms with E-state index in [1.165, 1.54) is 0 Å². The molecular weight excluding hydrogens is 348 g/mol. The summed E-state index contributed by atoms with van der Waals surface area (Å²) in [5.41, 5.74) is 4.89. The SMILES string of the molecule is Cn1nccc1C(NN)c1ccc(Br)cc1Br. The highest BCUT2D eigenvalue weighted by molar-refractivity contribution is 9.11. The summed E-state index contributed by atoms with van der Waals surface area (Å²) in [5.74, 6) is 5.65. The number of aryl methyl sites for hydroxylation is 1. The van der Waals surface area contributed by atoms with E-state index in [4.69, 9.17) is 5.84 Å². The third-order valence-corrected chi connectivity index (χ3v) is 3.77. The molecule has 0 saturated carbocycles. The molecule has 0 bridgehead atoms. The van der Waals surface area contributed by atoms with Crippen molar-refractivity contribution in [1.82, 2.24) is 15.2 Å². The van der Waals surface area contributed by atoms with Crippen LogP contribution in [-0.4, -0.2) is 9.78 Å². The lowest BCUT2D eigenvalue weighted by molar-refractivity contribution is 0.573. The molecule has 0 aliphatic heterocycles. The third-order valence-electron chi connectivity index (χ3n) is 2.59. The molecule has 6 heteroatoms. The van der Waals surface area contributed by atoms with Crippen LogP contribution in [0.2, 0.25) is 0 Å². The standard InChI is InChI=1S/C11H12Br2N4/c1-17-10(4-5-15-17)11(16-14)8-3-2-7(12)6-9(8)13/h2-6,11,16H,14H2,1H3. The van der Waals surface area contributed by atoms with Crippen LogP contribution in [0.1, 0.15) is 17.3 Å². The number of halogens is 2. The maximum absolute atomic E-state index is 5.65. The Kier molecular flexibility index (Phi) is 3.98. The van der Waals surface area contributed by atoms with Gasteiger partial charge in [-0.15, -0.1) is 0 Å². The first-order valence-electron chi connectivity index (χ1n) is 5.02. The zero-order valence-electron chi connectivity index (χ0n) is 9.19. The summed E-state index contributed by atoms with van der Waals surface area (Å²) in [6.45, 7) is 0. The molecule has 0 aliphatic carbocycles. The fraction of sp³-hybridized carbons (Fsp3) is 0.182. The Bertz CT molecular complexity index is 524. The molecule has 1 atom stereocenters. The maximum Gasteiger partial charge on any atom is 0.0889 e. The quantitative estimate of drug-likeness (QED) is 0.654. The van der Waals surface area contributed by atoms with Crippen LogP contribution < -0.4 is 11.3 Å². The zero-order valence-corrected chi connectivity index (χ0v) is 12.4. The second-order valence-corrected chi connectivity index (χ2v) is 5.42. The van der Waals surface area contributed by atoms with Crippen LogP contribution in [0.25, 0.3) is 0 Å². The lowest BCUT2D eigenvalue weighted by Crippen LogP contribution is -2.30. The summed E-state index contributed by atoms with van der Waals surface area (Å²) in [6, 6.07) is 7.85. The highest BCUT2D eigenvalue weighted by Gasteiger charge is 2.18. The molecule has 2 aromatic rings. The molecule has 3 N–H and O–H groups in total. The minimum absolute atomic E-state index is 0.0926. The van der Waals surface area contributed by atoms with Crippen LogP contribution in [0.15, 0.2) is 39.4 Å². The van der Waals surface area contributed by atoms with E-state index in [-0.39, 0.29) is 6.04 Å². The highest BCUT2D eigenvalue weighted by atomic mass is 79.9. The van der Waals surface area contributed by atoms with Gasteiger partial charge in [0, 0.05) is 22.2 Å². The molecule has 90 valence electrons. The lowest BCUT2D eigenvalue weighted by Gasteiger charge is -2.18. The van der Waals surface area contributed by atoms with Crippen molar-refractivity contribution in [3.63, 3.8) is 0 Å². The number of nitrogens with zero attached hydrogens (tertiary/aromatic N) is 2. The average Bonchev–Trinajstić information content (AvgIpc) is 2.69. The Morgan fingerprint density at radius 2 is 2.12 bits per heavy atom. The Morgan fingerprint density at radius 3 is 2.65 bits per heavy atom. The van der Waals surface area contributed by atoms with Gasteiger partial charge in [-0.05, 0) is 23.8 Å². The molecule has 2 rings (SSSR count). The topological polar surface area (TPSA) is 55.9 Å². The van der Waals surface area contributed by atoms with Crippen molar-refractivity contribution >= 4 is 31.9 Å². The smallest absolute Gasteiger partial charge is 0.0889 e. The molecule has 4 nitrogen and oxygen atoms in total. The number of hydrogen-bond acceptors (Lipinski definition) is 3. The van der Waals surface area contributed by atoms with Gasteiger partial charge >= 0.3 is 0 Å². The van der Waals surface area contributed by atoms with Gasteiger partial charge in [-0.3, -0.25) is 10.5 Å². The molecule has 17 heavy (non-hydrogen) atoms. The number of hydrogen-bond donors (Lipinski definition) is 2. The highest BCUT2D eigenvalue weighted by Crippen LogP contribution is 2.30. The summed E-state index contributed by atoms with van der Waals surface area (Å²) < 4.78 is 3.82. The molecule has 0 amide bonds. The van der Waals surface area contributed by atoms with Gasteiger partial charge in [0.2, 0.25) is 0 Å². The van der Waals surface area contributed by atoms with Gasteiger partial charge in [0.15, 0.2) is 0 Å². The molecule has 0 fully saturated rings. The Labute approximate surface area is 116 Å². The van der Waals surface area contributed by atoms with E-state index < -0.39 is 0 Å². The van der Waals surface area contributed by atoms with Gasteiger partial charge in [-0.2, -0.15) is 5.10 Å². The second kappa shape index (κ2) is 5.30. The molecule has 0 saturated heterocycles. The number of rotatable bonds is 3. The molecule has 0 radical (unpaired) electrons. The van der Waals surface area contributed by atoms with Crippen LogP contribution in [-0.2, 0) is 7.05 Å². The molecular formula is C11H12Br2N4. The molecule has 0 spiro atoms. The number of aromatic nitrogens is 2. The van der Waals surface area contributed by atoms with E-state index in [0.717, 1.165) is 20.2 Å². The fourth-order valence-corrected chi connectivity index (χ4v) is 3.01. The van der Waals surface area contributed by atoms with Crippen molar-refractivity contribution in [3.8, 4) is 0 Å². The minimum Gasteiger partial charge on any atom is -0.271 e. The van der Waals surface area contributed by atoms with Gasteiger partial charge < -0.3 is 0 Å². The number of nitrogens with one attached hydrogen (secondary N) is 1. The summed E-state index contributed by atoms with van der Waals surface area (Å²) in [6.07, 6.45) is 1.76. The summed E-state index contributed by atoms with van der Waals surface area (Å²) >= 11 is 6.97. The largest absolute Gasteiger partial charge is 0.271 e. The van der Waals surface area contributed by atoms with E-state index in [1.54, 1.807) is 10.9 Å². The Balaban J connectivity index is 2.46. The number of benzene rings is 1. The molecule has 0 aliphatic rings. The summed E-state index contributed by atoms with van der Waals surface area (Å²) in [5, 5.41) is 4.15. The Morgan fingerprint density at radius 1 is 1.35 bits per heavy atom. The van der Waals surface area contributed by atoms with Crippen molar-refractivity contribution in [3.05, 3.63) is 50.7 Å². The maximum atomic E-state index is 5.65. The first kappa shape index (κ1) is 12.8. The van der Waals surface area contributed by atoms with E-state index in [0.29, 0.717) is 0 Å². The average molecular weight is 360 g/mol. The van der Waals surface area contributed by atoms with Crippen LogP contribution >= 0.6 is 31.9 Å².